The van der Waals surface area contributed by atoms with Gasteiger partial charge in [-0.25, -0.2) is 9.21 Å². The molecule has 364 valence electrons. The molecule has 0 spiro atoms. The van der Waals surface area contributed by atoms with Gasteiger partial charge in [0.05, 0.1) is 32.0 Å². The lowest BCUT2D eigenvalue weighted by atomic mass is 9.97. The Hall–Kier alpha value is -5.68. The number of hydrogen-bond acceptors (Lipinski definition) is 23. The molecule has 0 amide bonds. The van der Waals surface area contributed by atoms with Gasteiger partial charge in [0, 0.05) is 24.3 Å². The molecule has 3 aliphatic rings. The van der Waals surface area contributed by atoms with Crippen molar-refractivity contribution < 1.29 is 119 Å². The second-order valence-corrected chi connectivity index (χ2v) is 15.6. The van der Waals surface area contributed by atoms with Gasteiger partial charge in [-0.2, -0.15) is 0 Å². The molecule has 24 heteroatoms. The summed E-state index contributed by atoms with van der Waals surface area (Å²) in [6, 6.07) is 11.1. The van der Waals surface area contributed by atoms with Gasteiger partial charge in [0.15, 0.2) is 35.4 Å². The Bertz CT molecular complexity index is 2390. The summed E-state index contributed by atoms with van der Waals surface area (Å²) in [7, 11) is 1.26. The number of fused-ring (bicyclic) bond motifs is 1. The quantitative estimate of drug-likeness (QED) is 0.0272. The van der Waals surface area contributed by atoms with Crippen LogP contribution in [0.4, 0.5) is 0 Å². The Kier molecular flexibility index (Phi) is 15.2. The van der Waals surface area contributed by atoms with Gasteiger partial charge in [-0.15, -0.1) is 0 Å². The van der Waals surface area contributed by atoms with E-state index < -0.39 is 135 Å². The van der Waals surface area contributed by atoms with Crippen LogP contribution in [-0.4, -0.2) is 197 Å². The summed E-state index contributed by atoms with van der Waals surface area (Å²) in [5, 5.41) is 146. The summed E-state index contributed by atoms with van der Waals surface area (Å²) >= 11 is 0. The highest BCUT2D eigenvalue weighted by Gasteiger charge is 2.52. The van der Waals surface area contributed by atoms with Gasteiger partial charge in [0.1, 0.15) is 90.6 Å². The van der Waals surface area contributed by atoms with Crippen molar-refractivity contribution in [3.63, 3.8) is 0 Å². The molecule has 67 heavy (non-hydrogen) atoms. The van der Waals surface area contributed by atoms with Crippen LogP contribution >= 0.6 is 0 Å². The van der Waals surface area contributed by atoms with Gasteiger partial charge in [0.2, 0.25) is 18.3 Å². The number of methoxy groups -OCH3 is 1. The largest absolute Gasteiger partial charge is 0.507 e. The number of aromatic hydroxyl groups is 4. The summed E-state index contributed by atoms with van der Waals surface area (Å²) < 4.78 is 52.1. The number of rotatable bonds is 14. The zero-order valence-electron chi connectivity index (χ0n) is 35.0. The Morgan fingerprint density at radius 2 is 1.24 bits per heavy atom. The third-order valence-electron chi connectivity index (χ3n) is 11.2. The minimum Gasteiger partial charge on any atom is -0.507 e. The number of hydrogen-bond donors (Lipinski definition) is 14. The molecular weight excluding hydrogens is 900 g/mol. The van der Waals surface area contributed by atoms with Crippen molar-refractivity contribution in [3.8, 4) is 51.6 Å². The molecule has 7 rings (SSSR count). The van der Waals surface area contributed by atoms with Crippen molar-refractivity contribution >= 4 is 23.0 Å². The Balaban J connectivity index is 1.28. The van der Waals surface area contributed by atoms with E-state index >= 15 is 0 Å². The number of esters is 1. The Labute approximate surface area is 378 Å². The summed E-state index contributed by atoms with van der Waals surface area (Å²) in [4.78, 5) is 12.8. The van der Waals surface area contributed by atoms with Crippen LogP contribution in [0.25, 0.3) is 28.4 Å². The number of carbonyl (C=O) groups is 1. The lowest BCUT2D eigenvalue weighted by Crippen LogP contribution is -2.65. The van der Waals surface area contributed by atoms with E-state index in [0.717, 1.165) is 24.3 Å². The molecule has 3 saturated heterocycles. The van der Waals surface area contributed by atoms with Gasteiger partial charge >= 0.3 is 17.3 Å². The molecule has 1 aromatic heterocycles. The molecule has 3 fully saturated rings. The van der Waals surface area contributed by atoms with Crippen molar-refractivity contribution in [2.24, 2.45) is 0 Å². The van der Waals surface area contributed by atoms with Crippen LogP contribution in [0.1, 0.15) is 5.56 Å². The van der Waals surface area contributed by atoms with Gasteiger partial charge in [-0.1, -0.05) is 6.07 Å². The number of benzene rings is 3. The molecule has 4 aromatic rings. The van der Waals surface area contributed by atoms with Crippen molar-refractivity contribution in [2.75, 3.05) is 26.9 Å². The predicted molar refractivity (Wildman–Crippen MR) is 220 cm³/mol. The summed E-state index contributed by atoms with van der Waals surface area (Å²) in [6.45, 7) is -2.43. The van der Waals surface area contributed by atoms with Gasteiger partial charge in [0.25, 0.3) is 0 Å². The zero-order valence-corrected chi connectivity index (χ0v) is 35.0. The fourth-order valence-electron chi connectivity index (χ4n) is 7.43. The fourth-order valence-corrected chi connectivity index (χ4v) is 7.43. The van der Waals surface area contributed by atoms with Crippen molar-refractivity contribution in [3.05, 3.63) is 66.2 Å². The topological polar surface area (TPSA) is 385 Å². The molecule has 0 aliphatic carbocycles. The first-order valence-electron chi connectivity index (χ1n) is 20.4. The zero-order chi connectivity index (χ0) is 48.4. The van der Waals surface area contributed by atoms with E-state index in [1.807, 2.05) is 0 Å². The van der Waals surface area contributed by atoms with E-state index in [-0.39, 0.29) is 50.9 Å². The van der Waals surface area contributed by atoms with Crippen LogP contribution in [0.3, 0.4) is 0 Å². The smallest absolute Gasteiger partial charge is 0.402 e. The molecule has 0 radical (unpaired) electrons. The van der Waals surface area contributed by atoms with Gasteiger partial charge in [-0.05, 0) is 35.9 Å². The lowest BCUT2D eigenvalue weighted by molar-refractivity contribution is -0.357. The molecule has 15 atom stereocenters. The number of phenols is 4. The summed E-state index contributed by atoms with van der Waals surface area (Å²) in [5.41, 5.74) is 0.259. The van der Waals surface area contributed by atoms with Gasteiger partial charge < -0.3 is 109 Å². The van der Waals surface area contributed by atoms with E-state index in [2.05, 4.69) is 0 Å². The molecule has 24 nitrogen and oxygen atoms in total. The molecule has 3 aromatic carbocycles. The summed E-state index contributed by atoms with van der Waals surface area (Å²) in [6.07, 6.45) is -25.3. The highest BCUT2D eigenvalue weighted by Crippen LogP contribution is 2.44. The maximum absolute atomic E-state index is 12.8. The van der Waals surface area contributed by atoms with E-state index in [1.165, 1.54) is 49.6 Å². The molecule has 0 bridgehead atoms. The maximum Gasteiger partial charge on any atom is 0.402 e. The number of aliphatic hydroxyl groups excluding tert-OH is 10. The first kappa shape index (κ1) is 49.2. The van der Waals surface area contributed by atoms with Crippen LogP contribution in [0.15, 0.2) is 65.1 Å². The van der Waals surface area contributed by atoms with Crippen molar-refractivity contribution in [2.45, 2.75) is 92.1 Å². The predicted octanol–water partition coefficient (Wildman–Crippen LogP) is -2.34. The number of ether oxygens (including phenoxy) is 8. The minimum atomic E-state index is -2.08. The van der Waals surface area contributed by atoms with Gasteiger partial charge in [-0.3, -0.25) is 0 Å². The van der Waals surface area contributed by atoms with Crippen molar-refractivity contribution in [1.29, 1.82) is 0 Å². The van der Waals surface area contributed by atoms with Crippen LogP contribution in [-0.2, 0) is 28.5 Å². The minimum absolute atomic E-state index is 0.0595. The number of aliphatic hydroxyl groups is 10. The van der Waals surface area contributed by atoms with Crippen LogP contribution < -0.4 is 14.2 Å². The maximum atomic E-state index is 12.8. The van der Waals surface area contributed by atoms with E-state index in [4.69, 9.17) is 42.3 Å². The van der Waals surface area contributed by atoms with E-state index in [0.29, 0.717) is 0 Å². The normalized spacial score (nSPS) is 32.3. The average Bonchev–Trinajstić information content (AvgIpc) is 3.31. The highest BCUT2D eigenvalue weighted by molar-refractivity contribution is 5.89. The standard InChI is InChI=1S/C43H48O24/c1-59-25-9-17(4-6-21(25)48)39-26(12-19-23(61-39)10-18(46)11-24(19)62-41-37(57)34(54)31(51)27(13-44)64-41)63-43-40(67-42-38(58)35(55)32(52)28(14-45)65-42)36(56)33(53)29(66-43)15-60-30(50)7-3-16-2-5-20(47)22(49)8-16/h2-12,27-29,31-38,40-45,51-58H,13-15H2,1H3,(H3-,46,47,48,49,50)/p+1/t27?,28?,29?,31-,32-,33-,34+,35?,36?,37?,38-,40?,41-,42+,43-/m1/s1. The van der Waals surface area contributed by atoms with Crippen LogP contribution in [0, 0.1) is 0 Å². The van der Waals surface area contributed by atoms with Crippen LogP contribution in [0.2, 0.25) is 0 Å². The molecule has 0 saturated carbocycles. The molecule has 3 aliphatic heterocycles. The first-order valence-corrected chi connectivity index (χ1v) is 20.4. The third kappa shape index (κ3) is 10.4. The molecule has 7 unspecified atom stereocenters. The molecular formula is C43H49O24+. The third-order valence-corrected chi connectivity index (χ3v) is 11.2. The molecule has 4 heterocycles. The molecule has 14 N–H and O–H groups in total. The van der Waals surface area contributed by atoms with E-state index in [9.17, 15) is 76.3 Å². The number of carbonyl (C=O) groups excluding carboxylic acids is 1. The van der Waals surface area contributed by atoms with Crippen molar-refractivity contribution in [1.82, 2.24) is 0 Å². The number of phenolic OH excluding ortho intramolecular Hbond substituents is 4. The Morgan fingerprint density at radius 3 is 1.90 bits per heavy atom. The highest BCUT2D eigenvalue weighted by atomic mass is 16.8. The lowest BCUT2D eigenvalue weighted by Gasteiger charge is -2.45. The SMILES string of the molecule is COc1cc(-c2[o+]c3cc(O)cc(O[C@@H]4OC(CO)[C@@H](O)[C@H](O)C4O)c3cc2O[C@@H]2OC(COC(=O)/C=C/c3ccc(O)c(O)c3)[C@@H](O)C(O)C2O[C@@H]2OC(CO)[C@@H](O)C(O)[C@H]2O)ccc1O. The fraction of sp³-hybridized carbons (Fsp3) is 0.442. The second kappa shape index (κ2) is 20.7. The second-order valence-electron chi connectivity index (χ2n) is 15.6. The first-order chi connectivity index (χ1) is 31.9. The van der Waals surface area contributed by atoms with Crippen LogP contribution in [0.5, 0.6) is 40.2 Å². The van der Waals surface area contributed by atoms with E-state index in [1.54, 1.807) is 0 Å². The summed E-state index contributed by atoms with van der Waals surface area (Å²) in [5.74, 6) is -3.56. The monoisotopic (exact) mass is 949 g/mol. The Morgan fingerprint density at radius 1 is 0.627 bits per heavy atom. The average molecular weight is 950 g/mol.